The molecule has 0 spiro atoms. The Morgan fingerprint density at radius 3 is 2.33 bits per heavy atom. The average molecular weight is 319 g/mol. The van der Waals surface area contributed by atoms with Crippen LogP contribution in [0.25, 0.3) is 0 Å². The molecule has 2 rings (SSSR count). The lowest BCUT2D eigenvalue weighted by atomic mass is 10.2. The van der Waals surface area contributed by atoms with E-state index in [1.807, 2.05) is 0 Å². The molecule has 21 heavy (non-hydrogen) atoms. The number of rotatable bonds is 5. The maximum absolute atomic E-state index is 13.4. The summed E-state index contributed by atoms with van der Waals surface area (Å²) in [7, 11) is -0.789. The van der Waals surface area contributed by atoms with Crippen molar-refractivity contribution < 1.29 is 27.4 Å². The lowest BCUT2D eigenvalue weighted by Gasteiger charge is -2.16. The third-order valence-electron chi connectivity index (χ3n) is 3.61. The number of nitrogens with zero attached hydrogens (tertiary/aromatic N) is 1. The molecule has 0 radical (unpaired) electrons. The van der Waals surface area contributed by atoms with E-state index in [9.17, 15) is 12.8 Å². The van der Waals surface area contributed by atoms with Gasteiger partial charge in [0, 0.05) is 32.9 Å². The average Bonchev–Trinajstić information content (AvgIpc) is 2.91. The Hall–Kier alpha value is -1.06. The number of aliphatic hydroxyl groups is 1. The first-order chi connectivity index (χ1) is 9.93. The van der Waals surface area contributed by atoms with Crippen molar-refractivity contribution in [2.24, 2.45) is 0 Å². The molecule has 1 aliphatic heterocycles. The van der Waals surface area contributed by atoms with Gasteiger partial charge in [-0.25, -0.2) is 12.8 Å². The van der Waals surface area contributed by atoms with Gasteiger partial charge in [-0.05, 0) is 18.2 Å². The molecule has 1 aromatic rings. The fourth-order valence-electron chi connectivity index (χ4n) is 2.34. The minimum Gasteiger partial charge on any atom is -0.392 e. The Morgan fingerprint density at radius 1 is 1.29 bits per heavy atom. The van der Waals surface area contributed by atoms with Crippen LogP contribution < -0.4 is 0 Å². The second kappa shape index (κ2) is 6.37. The monoisotopic (exact) mass is 319 g/mol. The number of aliphatic hydroxyl groups excluding tert-OH is 1. The fraction of sp³-hybridized carbons (Fsp3) is 0.538. The van der Waals surface area contributed by atoms with E-state index in [0.717, 1.165) is 12.1 Å². The van der Waals surface area contributed by atoms with Crippen LogP contribution in [0.4, 0.5) is 4.39 Å². The number of ether oxygens (including phenoxy) is 2. The molecule has 1 aliphatic rings. The third-order valence-corrected chi connectivity index (χ3v) is 5.44. The van der Waals surface area contributed by atoms with E-state index in [-0.39, 0.29) is 35.8 Å². The van der Waals surface area contributed by atoms with Crippen LogP contribution in [0.5, 0.6) is 0 Å². The Morgan fingerprint density at radius 2 is 1.86 bits per heavy atom. The van der Waals surface area contributed by atoms with Gasteiger partial charge in [0.1, 0.15) is 5.82 Å². The van der Waals surface area contributed by atoms with E-state index >= 15 is 0 Å². The third kappa shape index (κ3) is 3.09. The second-order valence-corrected chi connectivity index (χ2v) is 6.72. The Kier molecular flexibility index (Phi) is 4.95. The summed E-state index contributed by atoms with van der Waals surface area (Å²) in [5, 5.41) is 9.05. The van der Waals surface area contributed by atoms with Crippen molar-refractivity contribution in [2.45, 2.75) is 23.7 Å². The van der Waals surface area contributed by atoms with E-state index in [1.165, 1.54) is 24.6 Å². The summed E-state index contributed by atoms with van der Waals surface area (Å²) in [6, 6.07) is 3.37. The molecule has 118 valence electrons. The Bertz CT molecular complexity index is 595. The second-order valence-electron chi connectivity index (χ2n) is 4.78. The number of hydrogen-bond donors (Lipinski definition) is 1. The Labute approximate surface area is 123 Å². The molecule has 0 aliphatic carbocycles. The molecule has 2 atom stereocenters. The molecule has 6 nitrogen and oxygen atoms in total. The largest absolute Gasteiger partial charge is 0.392 e. The van der Waals surface area contributed by atoms with Gasteiger partial charge in [-0.15, -0.1) is 0 Å². The van der Waals surface area contributed by atoms with Crippen molar-refractivity contribution in [2.75, 3.05) is 27.3 Å². The molecule has 8 heteroatoms. The highest BCUT2D eigenvalue weighted by atomic mass is 32.2. The van der Waals surface area contributed by atoms with E-state index in [4.69, 9.17) is 14.6 Å². The number of benzene rings is 1. The Balaban J connectivity index is 2.31. The van der Waals surface area contributed by atoms with Gasteiger partial charge in [-0.1, -0.05) is 0 Å². The number of halogens is 1. The predicted molar refractivity (Wildman–Crippen MR) is 72.7 cm³/mol. The van der Waals surface area contributed by atoms with Gasteiger partial charge in [0.15, 0.2) is 0 Å². The topological polar surface area (TPSA) is 76.1 Å². The van der Waals surface area contributed by atoms with Crippen LogP contribution in [0.15, 0.2) is 23.1 Å². The zero-order valence-corrected chi connectivity index (χ0v) is 12.6. The smallest absolute Gasteiger partial charge is 0.243 e. The standard InChI is InChI=1S/C13H18FNO5S/c1-19-12-6-15(7-13(12)20-2)21(17,18)10-3-4-11(14)9(5-10)8-16/h3-5,12-13,16H,6-8H2,1-2H3. The van der Waals surface area contributed by atoms with Crippen molar-refractivity contribution in [3.63, 3.8) is 0 Å². The first-order valence-electron chi connectivity index (χ1n) is 6.39. The first-order valence-corrected chi connectivity index (χ1v) is 7.83. The number of methoxy groups -OCH3 is 2. The predicted octanol–water partition coefficient (Wildman–Crippen LogP) is 0.352. The molecular formula is C13H18FNO5S. The molecule has 0 aromatic heterocycles. The lowest BCUT2D eigenvalue weighted by Crippen LogP contribution is -2.30. The fourth-order valence-corrected chi connectivity index (χ4v) is 3.86. The summed E-state index contributed by atoms with van der Waals surface area (Å²) in [6.45, 7) is -0.219. The molecular weight excluding hydrogens is 301 g/mol. The SMILES string of the molecule is COC1CN(S(=O)(=O)c2ccc(F)c(CO)c2)CC1OC. The van der Waals surface area contributed by atoms with E-state index in [2.05, 4.69) is 0 Å². The van der Waals surface area contributed by atoms with Gasteiger partial charge in [0.05, 0.1) is 23.7 Å². The molecule has 0 saturated carbocycles. The van der Waals surface area contributed by atoms with Crippen molar-refractivity contribution in [3.05, 3.63) is 29.6 Å². The van der Waals surface area contributed by atoms with Crippen LogP contribution in [-0.2, 0) is 26.1 Å². The van der Waals surface area contributed by atoms with Gasteiger partial charge >= 0.3 is 0 Å². The summed E-state index contributed by atoms with van der Waals surface area (Å²) >= 11 is 0. The van der Waals surface area contributed by atoms with Gasteiger partial charge in [0.25, 0.3) is 0 Å². The van der Waals surface area contributed by atoms with E-state index in [1.54, 1.807) is 0 Å². The quantitative estimate of drug-likeness (QED) is 0.848. The minimum absolute atomic E-state index is 0.0538. The van der Waals surface area contributed by atoms with Crippen LogP contribution >= 0.6 is 0 Å². The molecule has 1 N–H and O–H groups in total. The van der Waals surface area contributed by atoms with Crippen molar-refractivity contribution in [1.82, 2.24) is 4.31 Å². The van der Waals surface area contributed by atoms with Crippen LogP contribution in [0.2, 0.25) is 0 Å². The summed E-state index contributed by atoms with van der Waals surface area (Å²) < 4.78 is 50.1. The molecule has 1 fully saturated rings. The highest BCUT2D eigenvalue weighted by Gasteiger charge is 2.39. The van der Waals surface area contributed by atoms with Gasteiger partial charge in [0.2, 0.25) is 10.0 Å². The van der Waals surface area contributed by atoms with Crippen molar-refractivity contribution in [1.29, 1.82) is 0 Å². The van der Waals surface area contributed by atoms with Gasteiger partial charge in [-0.2, -0.15) is 4.31 Å². The maximum Gasteiger partial charge on any atom is 0.243 e. The molecule has 0 amide bonds. The number of hydrogen-bond acceptors (Lipinski definition) is 5. The normalized spacial score (nSPS) is 23.6. The van der Waals surface area contributed by atoms with Crippen LogP contribution in [-0.4, -0.2) is 57.3 Å². The van der Waals surface area contributed by atoms with Crippen molar-refractivity contribution in [3.8, 4) is 0 Å². The molecule has 1 saturated heterocycles. The number of sulfonamides is 1. The summed E-state index contributed by atoms with van der Waals surface area (Å²) in [5.74, 6) is -0.637. The highest BCUT2D eigenvalue weighted by Crippen LogP contribution is 2.25. The molecule has 2 unspecified atom stereocenters. The zero-order valence-electron chi connectivity index (χ0n) is 11.8. The summed E-state index contributed by atoms with van der Waals surface area (Å²) in [6.07, 6.45) is -0.690. The molecule has 1 heterocycles. The summed E-state index contributed by atoms with van der Waals surface area (Å²) in [5.41, 5.74) is -0.0538. The van der Waals surface area contributed by atoms with E-state index < -0.39 is 22.4 Å². The van der Waals surface area contributed by atoms with E-state index in [0.29, 0.717) is 0 Å². The molecule has 1 aromatic carbocycles. The first kappa shape index (κ1) is 16.3. The van der Waals surface area contributed by atoms with Gasteiger partial charge < -0.3 is 14.6 Å². The van der Waals surface area contributed by atoms with Crippen LogP contribution in [0, 0.1) is 5.82 Å². The van der Waals surface area contributed by atoms with Crippen LogP contribution in [0.1, 0.15) is 5.56 Å². The highest BCUT2D eigenvalue weighted by molar-refractivity contribution is 7.89. The maximum atomic E-state index is 13.4. The van der Waals surface area contributed by atoms with Crippen molar-refractivity contribution >= 4 is 10.0 Å². The minimum atomic E-state index is -3.78. The summed E-state index contributed by atoms with van der Waals surface area (Å²) in [4.78, 5) is -0.0560. The lowest BCUT2D eigenvalue weighted by molar-refractivity contribution is -0.00461. The molecule has 0 bridgehead atoms. The van der Waals surface area contributed by atoms with Gasteiger partial charge in [-0.3, -0.25) is 0 Å². The van der Waals surface area contributed by atoms with Crippen LogP contribution in [0.3, 0.4) is 0 Å². The zero-order chi connectivity index (χ0) is 15.6.